The lowest BCUT2D eigenvalue weighted by Gasteiger charge is -2.21. The van der Waals surface area contributed by atoms with Gasteiger partial charge >= 0.3 is 0 Å². The average Bonchev–Trinajstić information content (AvgIpc) is 3.15. The van der Waals surface area contributed by atoms with Crippen molar-refractivity contribution in [3.63, 3.8) is 0 Å². The molecule has 1 aromatic heterocycles. The molecule has 148 valence electrons. The molecule has 8 heteroatoms. The normalized spacial score (nSPS) is 12.8. The Hall–Kier alpha value is -1.90. The van der Waals surface area contributed by atoms with E-state index in [0.29, 0.717) is 13.1 Å². The number of hydrogen-bond donors (Lipinski definition) is 3. The maximum atomic E-state index is 11.3. The van der Waals surface area contributed by atoms with E-state index in [-0.39, 0.29) is 10.3 Å². The second-order valence-corrected chi connectivity index (χ2v) is 9.43. The van der Waals surface area contributed by atoms with Crippen LogP contribution in [0.25, 0.3) is 0 Å². The molecule has 2 rings (SSSR count). The third-order valence-electron chi connectivity index (χ3n) is 4.12. The number of primary sulfonamides is 1. The molecule has 0 aliphatic rings. The highest BCUT2D eigenvalue weighted by molar-refractivity contribution is 7.89. The first-order valence-corrected chi connectivity index (χ1v) is 11.3. The molecule has 2 aromatic rings. The summed E-state index contributed by atoms with van der Waals surface area (Å²) in [4.78, 5) is 6.17. The predicted molar refractivity (Wildman–Crippen MR) is 113 cm³/mol. The summed E-state index contributed by atoms with van der Waals surface area (Å²) in [5, 5.41) is 13.8. The molecule has 1 aromatic carbocycles. The van der Waals surface area contributed by atoms with E-state index >= 15 is 0 Å². The Morgan fingerprint density at radius 1 is 1.19 bits per heavy atom. The molecule has 1 heterocycles. The van der Waals surface area contributed by atoms with E-state index in [1.54, 1.807) is 23.5 Å². The molecule has 0 aliphatic heterocycles. The van der Waals surface area contributed by atoms with Gasteiger partial charge in [-0.1, -0.05) is 32.0 Å². The molecule has 0 bridgehead atoms. The van der Waals surface area contributed by atoms with Crippen molar-refractivity contribution in [1.82, 2.24) is 10.6 Å². The van der Waals surface area contributed by atoms with Crippen molar-refractivity contribution in [3.05, 3.63) is 52.2 Å². The van der Waals surface area contributed by atoms with Crippen LogP contribution in [-0.4, -0.2) is 34.0 Å². The molecule has 0 radical (unpaired) electrons. The van der Waals surface area contributed by atoms with Crippen LogP contribution in [0.3, 0.4) is 0 Å². The van der Waals surface area contributed by atoms with Crippen LogP contribution in [0, 0.1) is 0 Å². The number of nitrogens with one attached hydrogen (secondary N) is 2. The fourth-order valence-corrected chi connectivity index (χ4v) is 3.89. The first kappa shape index (κ1) is 21.4. The molecule has 0 fully saturated rings. The summed E-state index contributed by atoms with van der Waals surface area (Å²) in [6.07, 6.45) is 0.754. The molecule has 0 saturated carbocycles. The topological polar surface area (TPSA) is 96.6 Å². The molecule has 0 unspecified atom stereocenters. The van der Waals surface area contributed by atoms with E-state index in [1.165, 1.54) is 17.0 Å². The van der Waals surface area contributed by atoms with Gasteiger partial charge in [-0.05, 0) is 42.5 Å². The van der Waals surface area contributed by atoms with E-state index in [1.807, 2.05) is 6.92 Å². The van der Waals surface area contributed by atoms with Crippen LogP contribution in [0.4, 0.5) is 0 Å². The van der Waals surface area contributed by atoms with Crippen molar-refractivity contribution in [2.24, 2.45) is 10.1 Å². The summed E-state index contributed by atoms with van der Waals surface area (Å²) in [6, 6.07) is 10.8. The molecule has 0 saturated heterocycles. The maximum Gasteiger partial charge on any atom is 0.238 e. The SMILES string of the molecule is CCNC(=NCC(C)(C)c1cccs1)NCCc1ccc(S(N)(=O)=O)cc1. The van der Waals surface area contributed by atoms with Gasteiger partial charge in [0.1, 0.15) is 0 Å². The molecular weight excluding hydrogens is 380 g/mol. The van der Waals surface area contributed by atoms with Crippen molar-refractivity contribution in [1.29, 1.82) is 0 Å². The van der Waals surface area contributed by atoms with E-state index in [4.69, 9.17) is 10.1 Å². The lowest BCUT2D eigenvalue weighted by Crippen LogP contribution is -2.39. The van der Waals surface area contributed by atoms with Crippen LogP contribution in [-0.2, 0) is 21.9 Å². The van der Waals surface area contributed by atoms with Crippen LogP contribution in [0.1, 0.15) is 31.2 Å². The van der Waals surface area contributed by atoms with Gasteiger partial charge < -0.3 is 10.6 Å². The zero-order chi connectivity index (χ0) is 19.9. The quantitative estimate of drug-likeness (QED) is 0.462. The van der Waals surface area contributed by atoms with Gasteiger partial charge in [0.2, 0.25) is 10.0 Å². The van der Waals surface area contributed by atoms with Crippen molar-refractivity contribution < 1.29 is 8.42 Å². The van der Waals surface area contributed by atoms with Crippen molar-refractivity contribution in [2.75, 3.05) is 19.6 Å². The van der Waals surface area contributed by atoms with Crippen LogP contribution < -0.4 is 15.8 Å². The van der Waals surface area contributed by atoms with E-state index < -0.39 is 10.0 Å². The first-order valence-electron chi connectivity index (χ1n) is 8.90. The molecule has 0 spiro atoms. The third-order valence-corrected chi connectivity index (χ3v) is 6.29. The van der Waals surface area contributed by atoms with Gasteiger partial charge in [0.15, 0.2) is 5.96 Å². The van der Waals surface area contributed by atoms with Crippen molar-refractivity contribution in [2.45, 2.75) is 37.5 Å². The Bertz CT molecular complexity index is 842. The number of nitrogens with zero attached hydrogens (tertiary/aromatic N) is 1. The fourth-order valence-electron chi connectivity index (χ4n) is 2.53. The summed E-state index contributed by atoms with van der Waals surface area (Å²) in [5.41, 5.74) is 1.02. The molecule has 0 amide bonds. The van der Waals surface area contributed by atoms with Gasteiger partial charge in [0.05, 0.1) is 11.4 Å². The summed E-state index contributed by atoms with van der Waals surface area (Å²) >= 11 is 1.75. The van der Waals surface area contributed by atoms with Gasteiger partial charge in [-0.15, -0.1) is 11.3 Å². The minimum Gasteiger partial charge on any atom is -0.357 e. The number of hydrogen-bond acceptors (Lipinski definition) is 4. The van der Waals surface area contributed by atoms with Gasteiger partial charge in [-0.2, -0.15) is 0 Å². The average molecular weight is 409 g/mol. The molecule has 0 atom stereocenters. The monoisotopic (exact) mass is 408 g/mol. The molecule has 4 N–H and O–H groups in total. The van der Waals surface area contributed by atoms with Crippen LogP contribution >= 0.6 is 11.3 Å². The number of thiophene rings is 1. The van der Waals surface area contributed by atoms with E-state index in [0.717, 1.165) is 24.5 Å². The molecular formula is C19H28N4O2S2. The van der Waals surface area contributed by atoms with Crippen molar-refractivity contribution in [3.8, 4) is 0 Å². The second kappa shape index (κ2) is 9.34. The fraction of sp³-hybridized carbons (Fsp3) is 0.421. The Morgan fingerprint density at radius 3 is 2.44 bits per heavy atom. The number of aliphatic imine (C=N–C) groups is 1. The van der Waals surface area contributed by atoms with Gasteiger partial charge in [0, 0.05) is 23.4 Å². The number of rotatable bonds is 8. The number of nitrogens with two attached hydrogens (primary N) is 1. The molecule has 0 aliphatic carbocycles. The Labute approximate surface area is 166 Å². The standard InChI is InChI=1S/C19H28N4O2S2/c1-4-21-18(23-14-19(2,3)17-6-5-13-26-17)22-12-11-15-7-9-16(10-8-15)27(20,24)25/h5-10,13H,4,11-12,14H2,1-3H3,(H2,20,24,25)(H2,21,22,23). The highest BCUT2D eigenvalue weighted by atomic mass is 32.2. The van der Waals surface area contributed by atoms with Crippen LogP contribution in [0.15, 0.2) is 51.7 Å². The summed E-state index contributed by atoms with van der Waals surface area (Å²) in [6.45, 7) is 8.59. The lowest BCUT2D eigenvalue weighted by atomic mass is 9.92. The van der Waals surface area contributed by atoms with Gasteiger partial charge in [-0.3, -0.25) is 4.99 Å². The smallest absolute Gasteiger partial charge is 0.238 e. The Balaban J connectivity index is 1.92. The summed E-state index contributed by atoms with van der Waals surface area (Å²) in [7, 11) is -3.64. The Morgan fingerprint density at radius 2 is 1.89 bits per heavy atom. The van der Waals surface area contributed by atoms with Crippen LogP contribution in [0.5, 0.6) is 0 Å². The van der Waals surface area contributed by atoms with Gasteiger partial charge in [0.25, 0.3) is 0 Å². The minimum atomic E-state index is -3.64. The largest absolute Gasteiger partial charge is 0.357 e. The summed E-state index contributed by atoms with van der Waals surface area (Å²) < 4.78 is 22.6. The van der Waals surface area contributed by atoms with E-state index in [9.17, 15) is 8.42 Å². The predicted octanol–water partition coefficient (Wildman–Crippen LogP) is 2.47. The van der Waals surface area contributed by atoms with Crippen molar-refractivity contribution >= 4 is 27.3 Å². The van der Waals surface area contributed by atoms with E-state index in [2.05, 4.69) is 42.0 Å². The number of sulfonamides is 1. The highest BCUT2D eigenvalue weighted by Crippen LogP contribution is 2.27. The first-order chi connectivity index (χ1) is 12.7. The third kappa shape index (κ3) is 6.64. The lowest BCUT2D eigenvalue weighted by molar-refractivity contribution is 0.548. The second-order valence-electron chi connectivity index (χ2n) is 6.92. The maximum absolute atomic E-state index is 11.3. The zero-order valence-corrected chi connectivity index (χ0v) is 17.7. The Kier molecular flexibility index (Phi) is 7.41. The number of benzene rings is 1. The van der Waals surface area contributed by atoms with Crippen LogP contribution in [0.2, 0.25) is 0 Å². The zero-order valence-electron chi connectivity index (χ0n) is 16.0. The van der Waals surface area contributed by atoms with Gasteiger partial charge in [-0.25, -0.2) is 13.6 Å². The molecule has 27 heavy (non-hydrogen) atoms. The number of guanidine groups is 1. The summed E-state index contributed by atoms with van der Waals surface area (Å²) in [5.74, 6) is 0.781. The highest BCUT2D eigenvalue weighted by Gasteiger charge is 2.21. The minimum absolute atomic E-state index is 0.0138. The molecule has 6 nitrogen and oxygen atoms in total.